The standard InChI is InChI=1S/C6H6N4O/c1-10-6(8-4-9-10)5(2-7)3-11/h3-4,11H,1H3. The number of aliphatic hydroxyl groups excluding tert-OH is 1. The van der Waals surface area contributed by atoms with E-state index in [1.165, 1.54) is 11.0 Å². The van der Waals surface area contributed by atoms with Crippen molar-refractivity contribution in [1.29, 1.82) is 5.26 Å². The first-order chi connectivity index (χ1) is 5.29. The lowest BCUT2D eigenvalue weighted by atomic mass is 10.3. The fourth-order valence-electron chi connectivity index (χ4n) is 0.677. The number of nitriles is 1. The highest BCUT2D eigenvalue weighted by atomic mass is 16.2. The van der Waals surface area contributed by atoms with E-state index < -0.39 is 0 Å². The maximum Gasteiger partial charge on any atom is 0.171 e. The molecule has 5 heteroatoms. The summed E-state index contributed by atoms with van der Waals surface area (Å²) in [5, 5.41) is 20.8. The number of rotatable bonds is 1. The number of hydrogen-bond donors (Lipinski definition) is 1. The van der Waals surface area contributed by atoms with Crippen molar-refractivity contribution in [2.75, 3.05) is 0 Å². The van der Waals surface area contributed by atoms with E-state index in [9.17, 15) is 0 Å². The molecule has 0 saturated heterocycles. The van der Waals surface area contributed by atoms with Crippen LogP contribution in [0.15, 0.2) is 12.6 Å². The fourth-order valence-corrected chi connectivity index (χ4v) is 0.677. The third-order valence-electron chi connectivity index (χ3n) is 1.20. The molecule has 0 bridgehead atoms. The zero-order valence-electron chi connectivity index (χ0n) is 5.89. The molecule has 11 heavy (non-hydrogen) atoms. The zero-order chi connectivity index (χ0) is 8.27. The van der Waals surface area contributed by atoms with Gasteiger partial charge in [-0.15, -0.1) is 0 Å². The minimum Gasteiger partial charge on any atom is -0.514 e. The minimum atomic E-state index is 0.102. The Bertz CT molecular complexity index is 320. The molecule has 5 nitrogen and oxygen atoms in total. The van der Waals surface area contributed by atoms with Gasteiger partial charge in [0.2, 0.25) is 0 Å². The number of aliphatic hydroxyl groups is 1. The highest BCUT2D eigenvalue weighted by Gasteiger charge is 2.05. The topological polar surface area (TPSA) is 74.7 Å². The molecule has 0 spiro atoms. The van der Waals surface area contributed by atoms with Crippen molar-refractivity contribution in [3.8, 4) is 6.07 Å². The maximum atomic E-state index is 8.56. The van der Waals surface area contributed by atoms with Gasteiger partial charge in [0.1, 0.15) is 24.2 Å². The predicted molar refractivity (Wildman–Crippen MR) is 37.2 cm³/mol. The van der Waals surface area contributed by atoms with Crippen LogP contribution in [0.2, 0.25) is 0 Å². The third kappa shape index (κ3) is 1.19. The molecule has 0 aromatic carbocycles. The number of hydrogen-bond acceptors (Lipinski definition) is 4. The summed E-state index contributed by atoms with van der Waals surface area (Å²) < 4.78 is 1.41. The lowest BCUT2D eigenvalue weighted by Crippen LogP contribution is -1.97. The molecule has 0 unspecified atom stereocenters. The Morgan fingerprint density at radius 2 is 2.64 bits per heavy atom. The van der Waals surface area contributed by atoms with E-state index in [-0.39, 0.29) is 5.57 Å². The zero-order valence-corrected chi connectivity index (χ0v) is 5.89. The van der Waals surface area contributed by atoms with Gasteiger partial charge in [-0.1, -0.05) is 0 Å². The molecule has 0 aliphatic rings. The van der Waals surface area contributed by atoms with Crippen LogP contribution in [-0.2, 0) is 7.05 Å². The fraction of sp³-hybridized carbons (Fsp3) is 0.167. The van der Waals surface area contributed by atoms with Crippen LogP contribution < -0.4 is 0 Å². The van der Waals surface area contributed by atoms with E-state index in [1.54, 1.807) is 13.1 Å². The van der Waals surface area contributed by atoms with Crippen LogP contribution >= 0.6 is 0 Å². The van der Waals surface area contributed by atoms with Crippen molar-refractivity contribution in [2.24, 2.45) is 7.05 Å². The Balaban J connectivity index is 3.13. The molecular formula is C6H6N4O. The smallest absolute Gasteiger partial charge is 0.171 e. The van der Waals surface area contributed by atoms with E-state index in [0.29, 0.717) is 12.1 Å². The number of allylic oxidation sites excluding steroid dienone is 1. The molecule has 0 fully saturated rings. The minimum absolute atomic E-state index is 0.102. The summed E-state index contributed by atoms with van der Waals surface area (Å²) in [7, 11) is 1.64. The van der Waals surface area contributed by atoms with Gasteiger partial charge in [-0.2, -0.15) is 10.4 Å². The summed E-state index contributed by atoms with van der Waals surface area (Å²) in [6, 6.07) is 1.78. The molecule has 0 aliphatic carbocycles. The number of aryl methyl sites for hydroxylation is 1. The molecular weight excluding hydrogens is 144 g/mol. The highest BCUT2D eigenvalue weighted by molar-refractivity contribution is 5.71. The molecule has 0 saturated carbocycles. The first-order valence-corrected chi connectivity index (χ1v) is 2.88. The number of aromatic nitrogens is 3. The molecule has 1 N–H and O–H groups in total. The van der Waals surface area contributed by atoms with Crippen molar-refractivity contribution in [2.45, 2.75) is 0 Å². The lowest BCUT2D eigenvalue weighted by molar-refractivity contribution is 0.475. The van der Waals surface area contributed by atoms with E-state index in [2.05, 4.69) is 10.1 Å². The van der Waals surface area contributed by atoms with Gasteiger partial charge in [0.15, 0.2) is 5.82 Å². The molecule has 56 valence electrons. The van der Waals surface area contributed by atoms with Crippen LogP contribution in [0, 0.1) is 11.3 Å². The normalized spacial score (nSPS) is 11.1. The van der Waals surface area contributed by atoms with Crippen molar-refractivity contribution in [3.63, 3.8) is 0 Å². The van der Waals surface area contributed by atoms with Crippen molar-refractivity contribution >= 4 is 5.57 Å². The molecule has 1 aromatic heterocycles. The van der Waals surface area contributed by atoms with Crippen LogP contribution in [0.3, 0.4) is 0 Å². The summed E-state index contributed by atoms with van der Waals surface area (Å²) in [6.45, 7) is 0. The summed E-state index contributed by atoms with van der Waals surface area (Å²) in [5.74, 6) is 0.356. The van der Waals surface area contributed by atoms with Crippen LogP contribution in [0.1, 0.15) is 5.82 Å². The largest absolute Gasteiger partial charge is 0.514 e. The van der Waals surface area contributed by atoms with Gasteiger partial charge < -0.3 is 5.11 Å². The van der Waals surface area contributed by atoms with Crippen molar-refractivity contribution < 1.29 is 5.11 Å². The summed E-state index contributed by atoms with van der Waals surface area (Å²) >= 11 is 0. The highest BCUT2D eigenvalue weighted by Crippen LogP contribution is 2.06. The summed E-state index contributed by atoms with van der Waals surface area (Å²) in [6.07, 6.45) is 2.03. The van der Waals surface area contributed by atoms with Gasteiger partial charge in [-0.05, 0) is 0 Å². The quantitative estimate of drug-likeness (QED) is 0.459. The Morgan fingerprint density at radius 1 is 1.91 bits per heavy atom. The SMILES string of the molecule is Cn1ncnc1C(C#N)=CO. The van der Waals surface area contributed by atoms with Gasteiger partial charge in [-0.3, -0.25) is 0 Å². The van der Waals surface area contributed by atoms with Gasteiger partial charge in [-0.25, -0.2) is 9.67 Å². The van der Waals surface area contributed by atoms with Crippen molar-refractivity contribution in [1.82, 2.24) is 14.8 Å². The Kier molecular flexibility index (Phi) is 1.88. The van der Waals surface area contributed by atoms with Gasteiger partial charge >= 0.3 is 0 Å². The van der Waals surface area contributed by atoms with Crippen LogP contribution in [-0.4, -0.2) is 19.9 Å². The van der Waals surface area contributed by atoms with Crippen LogP contribution in [0.5, 0.6) is 0 Å². The number of nitrogens with zero attached hydrogens (tertiary/aromatic N) is 4. The second kappa shape index (κ2) is 2.84. The van der Waals surface area contributed by atoms with Gasteiger partial charge in [0.05, 0.1) is 0 Å². The average molecular weight is 150 g/mol. The Morgan fingerprint density at radius 3 is 3.00 bits per heavy atom. The van der Waals surface area contributed by atoms with Crippen LogP contribution in [0.25, 0.3) is 5.57 Å². The first kappa shape index (κ1) is 7.28. The first-order valence-electron chi connectivity index (χ1n) is 2.88. The molecule has 1 rings (SSSR count). The average Bonchev–Trinajstić information content (AvgIpc) is 2.40. The predicted octanol–water partition coefficient (Wildman–Crippen LogP) is 0.238. The van der Waals surface area contributed by atoms with E-state index in [1.807, 2.05) is 0 Å². The van der Waals surface area contributed by atoms with E-state index >= 15 is 0 Å². The lowest BCUT2D eigenvalue weighted by Gasteiger charge is -1.93. The van der Waals surface area contributed by atoms with Crippen molar-refractivity contribution in [3.05, 3.63) is 18.4 Å². The maximum absolute atomic E-state index is 8.56. The van der Waals surface area contributed by atoms with E-state index in [0.717, 1.165) is 0 Å². The summed E-state index contributed by atoms with van der Waals surface area (Å²) in [5.41, 5.74) is 0.102. The summed E-state index contributed by atoms with van der Waals surface area (Å²) in [4.78, 5) is 3.76. The molecule has 0 atom stereocenters. The van der Waals surface area contributed by atoms with E-state index in [4.69, 9.17) is 10.4 Å². The molecule has 1 aromatic rings. The molecule has 1 heterocycles. The molecule has 0 aliphatic heterocycles. The Labute approximate surface area is 63.2 Å². The Hall–Kier alpha value is -1.83. The van der Waals surface area contributed by atoms with Gasteiger partial charge in [0.25, 0.3) is 0 Å². The third-order valence-corrected chi connectivity index (χ3v) is 1.20. The molecule has 0 amide bonds. The van der Waals surface area contributed by atoms with Crippen LogP contribution in [0.4, 0.5) is 0 Å². The monoisotopic (exact) mass is 150 g/mol. The second-order valence-electron chi connectivity index (χ2n) is 1.86. The molecule has 0 radical (unpaired) electrons. The second-order valence-corrected chi connectivity index (χ2v) is 1.86. The van der Waals surface area contributed by atoms with Gasteiger partial charge in [0, 0.05) is 7.05 Å².